The zero-order valence-electron chi connectivity index (χ0n) is 22.7. The molecule has 0 spiro atoms. The molecule has 1 aromatic heterocycles. The first-order valence-electron chi connectivity index (χ1n) is 13.8. The molecule has 0 saturated carbocycles. The molecule has 2 saturated heterocycles. The summed E-state index contributed by atoms with van der Waals surface area (Å²) in [6, 6.07) is 17.7. The molecule has 4 atom stereocenters. The van der Waals surface area contributed by atoms with Gasteiger partial charge in [-0.25, -0.2) is 0 Å². The van der Waals surface area contributed by atoms with E-state index >= 15 is 0 Å². The fraction of sp³-hybridized carbons (Fsp3) is 0.484. The third-order valence-corrected chi connectivity index (χ3v) is 8.60. The highest BCUT2D eigenvalue weighted by Crippen LogP contribution is 2.40. The predicted octanol–water partition coefficient (Wildman–Crippen LogP) is 5.13. The Morgan fingerprint density at radius 2 is 2.03 bits per heavy atom. The maximum absolute atomic E-state index is 13.6. The van der Waals surface area contributed by atoms with Crippen molar-refractivity contribution in [3.05, 3.63) is 65.9 Å². The van der Waals surface area contributed by atoms with E-state index in [2.05, 4.69) is 24.1 Å². The number of carbonyl (C=O) groups is 2. The molecule has 2 amide bonds. The minimum atomic E-state index is -0.298. The van der Waals surface area contributed by atoms with Gasteiger partial charge in [0.2, 0.25) is 5.91 Å². The molecule has 202 valence electrons. The number of benzene rings is 2. The molecule has 0 radical (unpaired) electrons. The molecular formula is C31H39N3O4. The van der Waals surface area contributed by atoms with Crippen molar-refractivity contribution < 1.29 is 19.1 Å². The van der Waals surface area contributed by atoms with Crippen LogP contribution in [0.25, 0.3) is 10.9 Å². The van der Waals surface area contributed by atoms with Crippen molar-refractivity contribution in [1.82, 2.24) is 15.2 Å². The molecule has 7 heteroatoms. The maximum Gasteiger partial charge on any atom is 0.270 e. The molecular weight excluding hydrogens is 478 g/mol. The van der Waals surface area contributed by atoms with E-state index in [9.17, 15) is 9.59 Å². The van der Waals surface area contributed by atoms with E-state index in [0.717, 1.165) is 54.5 Å². The molecule has 2 N–H and O–H groups in total. The van der Waals surface area contributed by atoms with Crippen molar-refractivity contribution in [2.45, 2.75) is 51.6 Å². The summed E-state index contributed by atoms with van der Waals surface area (Å²) in [5.41, 5.74) is 2.20. The number of hydrogen-bond donors (Lipinski definition) is 2. The molecule has 2 fully saturated rings. The summed E-state index contributed by atoms with van der Waals surface area (Å²) in [4.78, 5) is 32.4. The van der Waals surface area contributed by atoms with Gasteiger partial charge in [0.05, 0.1) is 19.1 Å². The number of likely N-dealkylation sites (tertiary alicyclic amines) is 1. The molecule has 38 heavy (non-hydrogen) atoms. The van der Waals surface area contributed by atoms with E-state index in [1.807, 2.05) is 59.5 Å². The first kappa shape index (κ1) is 26.3. The van der Waals surface area contributed by atoms with Crippen molar-refractivity contribution in [2.75, 3.05) is 33.4 Å². The highest BCUT2D eigenvalue weighted by Gasteiger charge is 2.47. The average Bonchev–Trinajstić information content (AvgIpc) is 3.39. The van der Waals surface area contributed by atoms with Gasteiger partial charge in [-0.1, -0.05) is 50.6 Å². The number of nitrogens with one attached hydrogen (secondary N) is 2. The number of hydrogen-bond acceptors (Lipinski definition) is 4. The van der Waals surface area contributed by atoms with Crippen LogP contribution in [0.15, 0.2) is 54.6 Å². The Kier molecular flexibility index (Phi) is 7.75. The number of amides is 2. The van der Waals surface area contributed by atoms with Crippen molar-refractivity contribution >= 4 is 22.7 Å². The quantitative estimate of drug-likeness (QED) is 0.434. The monoisotopic (exact) mass is 517 g/mol. The van der Waals surface area contributed by atoms with Gasteiger partial charge in [-0.05, 0) is 48.9 Å². The summed E-state index contributed by atoms with van der Waals surface area (Å²) in [6.07, 6.45) is 3.57. The molecule has 2 aliphatic heterocycles. The van der Waals surface area contributed by atoms with Gasteiger partial charge >= 0.3 is 0 Å². The molecule has 0 aliphatic carbocycles. The van der Waals surface area contributed by atoms with Crippen molar-refractivity contribution in [3.8, 4) is 5.75 Å². The van der Waals surface area contributed by atoms with Crippen LogP contribution in [0, 0.1) is 11.3 Å². The Balaban J connectivity index is 1.34. The van der Waals surface area contributed by atoms with Gasteiger partial charge in [-0.2, -0.15) is 0 Å². The van der Waals surface area contributed by atoms with Crippen LogP contribution in [-0.4, -0.2) is 61.2 Å². The van der Waals surface area contributed by atoms with Crippen LogP contribution in [0.5, 0.6) is 5.75 Å². The highest BCUT2D eigenvalue weighted by molar-refractivity contribution is 5.98. The predicted molar refractivity (Wildman–Crippen MR) is 148 cm³/mol. The molecule has 2 aromatic carbocycles. The van der Waals surface area contributed by atoms with Crippen molar-refractivity contribution in [1.29, 1.82) is 0 Å². The van der Waals surface area contributed by atoms with E-state index in [1.165, 1.54) is 0 Å². The topological polar surface area (TPSA) is 83.7 Å². The Labute approximate surface area is 224 Å². The summed E-state index contributed by atoms with van der Waals surface area (Å²) in [5, 5.41) is 4.29. The van der Waals surface area contributed by atoms with E-state index in [1.54, 1.807) is 7.11 Å². The van der Waals surface area contributed by atoms with Gasteiger partial charge in [0.25, 0.3) is 5.91 Å². The highest BCUT2D eigenvalue weighted by atomic mass is 16.5. The smallest absolute Gasteiger partial charge is 0.270 e. The number of rotatable bonds is 8. The number of ether oxygens (including phenoxy) is 2. The van der Waals surface area contributed by atoms with Crippen LogP contribution >= 0.6 is 0 Å². The van der Waals surface area contributed by atoms with Crippen LogP contribution in [0.3, 0.4) is 0 Å². The standard InChI is InChI=1S/C31H39N3O4/c1-4-21(2)28(22-9-6-5-7-10-22)29(35)32-19-31-14-8-16-38-27(31)13-15-34(20-31)30(36)26-17-23-11-12-24(37-3)18-25(23)33-26/h5-7,9-12,17-18,21,27-28,33H,4,8,13-16,19-20H2,1-3H3,(H,32,35)/t21?,27-,28?,31-/m1/s1. The van der Waals surface area contributed by atoms with Gasteiger partial charge in [0.15, 0.2) is 0 Å². The van der Waals surface area contributed by atoms with Crippen LogP contribution in [-0.2, 0) is 9.53 Å². The number of carbonyl (C=O) groups excluding carboxylic acids is 2. The molecule has 2 aliphatic rings. The number of fused-ring (bicyclic) bond motifs is 2. The normalized spacial score (nSPS) is 22.9. The van der Waals surface area contributed by atoms with Crippen LogP contribution in [0.4, 0.5) is 0 Å². The van der Waals surface area contributed by atoms with Crippen molar-refractivity contribution in [2.24, 2.45) is 11.3 Å². The average molecular weight is 518 g/mol. The van der Waals surface area contributed by atoms with Crippen LogP contribution in [0.1, 0.15) is 61.5 Å². The van der Waals surface area contributed by atoms with E-state index in [4.69, 9.17) is 9.47 Å². The largest absolute Gasteiger partial charge is 0.497 e. The van der Waals surface area contributed by atoms with E-state index in [-0.39, 0.29) is 35.2 Å². The molecule has 5 rings (SSSR count). The fourth-order valence-electron chi connectivity index (χ4n) is 6.25. The lowest BCUT2D eigenvalue weighted by molar-refractivity contribution is -0.132. The summed E-state index contributed by atoms with van der Waals surface area (Å²) < 4.78 is 11.6. The maximum atomic E-state index is 13.6. The van der Waals surface area contributed by atoms with E-state index in [0.29, 0.717) is 25.3 Å². The van der Waals surface area contributed by atoms with Gasteiger partial charge in [0, 0.05) is 48.6 Å². The summed E-state index contributed by atoms with van der Waals surface area (Å²) in [5.74, 6) is 0.803. The summed E-state index contributed by atoms with van der Waals surface area (Å²) in [6.45, 7) is 6.70. The minimum absolute atomic E-state index is 0.0170. The Morgan fingerprint density at radius 3 is 2.79 bits per heavy atom. The zero-order valence-corrected chi connectivity index (χ0v) is 22.7. The lowest BCUT2D eigenvalue weighted by atomic mass is 9.72. The molecule has 3 heterocycles. The van der Waals surface area contributed by atoms with Crippen LogP contribution in [0.2, 0.25) is 0 Å². The van der Waals surface area contributed by atoms with Crippen molar-refractivity contribution in [3.63, 3.8) is 0 Å². The molecule has 3 aromatic rings. The Morgan fingerprint density at radius 1 is 1.21 bits per heavy atom. The molecule has 2 unspecified atom stereocenters. The second kappa shape index (κ2) is 11.2. The summed E-state index contributed by atoms with van der Waals surface area (Å²) in [7, 11) is 1.63. The first-order chi connectivity index (χ1) is 18.4. The SMILES string of the molecule is CCC(C)C(C(=O)NC[C@@]12CCCO[C@@H]1CCN(C(=O)c1cc3ccc(OC)cc3[nH]1)C2)c1ccccc1. The van der Waals surface area contributed by atoms with Gasteiger partial charge in [-0.3, -0.25) is 9.59 Å². The zero-order chi connectivity index (χ0) is 26.7. The van der Waals surface area contributed by atoms with E-state index < -0.39 is 0 Å². The number of aromatic amines is 1. The fourth-order valence-corrected chi connectivity index (χ4v) is 6.25. The third kappa shape index (κ3) is 5.17. The Hall–Kier alpha value is -3.32. The summed E-state index contributed by atoms with van der Waals surface area (Å²) >= 11 is 0. The lowest BCUT2D eigenvalue weighted by Crippen LogP contribution is -2.60. The molecule has 0 bridgehead atoms. The number of piperidine rings is 1. The number of methoxy groups -OCH3 is 1. The van der Waals surface area contributed by atoms with Crippen LogP contribution < -0.4 is 10.1 Å². The first-order valence-corrected chi connectivity index (χ1v) is 13.8. The number of H-pyrrole nitrogens is 1. The van der Waals surface area contributed by atoms with Gasteiger partial charge in [0.1, 0.15) is 11.4 Å². The number of aromatic nitrogens is 1. The van der Waals surface area contributed by atoms with Gasteiger partial charge in [-0.15, -0.1) is 0 Å². The molecule has 7 nitrogen and oxygen atoms in total. The second-order valence-corrected chi connectivity index (χ2v) is 11.0. The van der Waals surface area contributed by atoms with Gasteiger partial charge < -0.3 is 24.7 Å². The number of nitrogens with zero attached hydrogens (tertiary/aromatic N) is 1. The third-order valence-electron chi connectivity index (χ3n) is 8.60. The minimum Gasteiger partial charge on any atom is -0.497 e. The Bertz CT molecular complexity index is 1270. The lowest BCUT2D eigenvalue weighted by Gasteiger charge is -2.50. The second-order valence-electron chi connectivity index (χ2n) is 11.0.